The lowest BCUT2D eigenvalue weighted by Gasteiger charge is -2.04. The lowest BCUT2D eigenvalue weighted by atomic mass is 10.4. The molecule has 7 heteroatoms. The van der Waals surface area contributed by atoms with Crippen LogP contribution in [-0.2, 0) is 0 Å². The first-order valence-electron chi connectivity index (χ1n) is 4.26. The summed E-state index contributed by atoms with van der Waals surface area (Å²) in [4.78, 5) is 8.10. The van der Waals surface area contributed by atoms with Gasteiger partial charge in [0.15, 0.2) is 5.65 Å². The van der Waals surface area contributed by atoms with E-state index in [1.54, 1.807) is 12.3 Å². The van der Waals surface area contributed by atoms with Gasteiger partial charge < -0.3 is 4.74 Å². The van der Waals surface area contributed by atoms with Crippen LogP contribution >= 0.6 is 0 Å². The zero-order chi connectivity index (χ0) is 10.7. The molecule has 0 amide bonds. The van der Waals surface area contributed by atoms with Crippen molar-refractivity contribution in [3.63, 3.8) is 0 Å². The first kappa shape index (κ1) is 9.41. The molecule has 15 heavy (non-hydrogen) atoms. The van der Waals surface area contributed by atoms with E-state index in [2.05, 4.69) is 32.2 Å². The second-order valence-electron chi connectivity index (χ2n) is 2.73. The third-order valence-corrected chi connectivity index (χ3v) is 1.74. The van der Waals surface area contributed by atoms with E-state index in [1.807, 2.05) is 0 Å². The number of aromatic amines is 1. The molecule has 0 saturated heterocycles. The average molecular weight is 206 g/mol. The van der Waals surface area contributed by atoms with Crippen LogP contribution < -0.4 is 16.0 Å². The molecule has 0 aliphatic rings. The van der Waals surface area contributed by atoms with Gasteiger partial charge in [0.05, 0.1) is 6.20 Å². The highest BCUT2D eigenvalue weighted by atomic mass is 16.5. The normalized spacial score (nSPS) is 10.2. The van der Waals surface area contributed by atoms with Crippen LogP contribution in [0.15, 0.2) is 18.9 Å². The summed E-state index contributed by atoms with van der Waals surface area (Å²) >= 11 is 0. The largest absolute Gasteiger partial charge is 0.473 e. The van der Waals surface area contributed by atoms with Crippen molar-refractivity contribution in [2.45, 2.75) is 0 Å². The zero-order valence-electron chi connectivity index (χ0n) is 7.90. The van der Waals surface area contributed by atoms with Gasteiger partial charge in [0.1, 0.15) is 12.0 Å². The molecule has 0 atom stereocenters. The maximum atomic E-state index is 5.34. The average Bonchev–Trinajstić information content (AvgIpc) is 2.73. The number of ether oxygens (including phenoxy) is 1. The Bertz CT molecular complexity index is 479. The minimum atomic E-state index is 0.269. The Morgan fingerprint density at radius 3 is 3.20 bits per heavy atom. The van der Waals surface area contributed by atoms with Crippen molar-refractivity contribution in [3.8, 4) is 5.88 Å². The third kappa shape index (κ3) is 1.72. The second kappa shape index (κ2) is 3.93. The van der Waals surface area contributed by atoms with Crippen LogP contribution in [0, 0.1) is 0 Å². The quantitative estimate of drug-likeness (QED) is 0.375. The molecule has 0 fully saturated rings. The minimum Gasteiger partial charge on any atom is -0.473 e. The summed E-state index contributed by atoms with van der Waals surface area (Å²) in [6, 6.07) is 0. The number of aromatic nitrogens is 4. The summed E-state index contributed by atoms with van der Waals surface area (Å²) in [6.07, 6.45) is 3.22. The third-order valence-electron chi connectivity index (χ3n) is 1.74. The molecule has 0 radical (unpaired) electrons. The number of hydrogen-bond acceptors (Lipinski definition) is 6. The molecule has 0 bridgehead atoms. The van der Waals surface area contributed by atoms with Crippen molar-refractivity contribution in [1.82, 2.24) is 20.2 Å². The molecule has 2 heterocycles. The van der Waals surface area contributed by atoms with E-state index in [0.29, 0.717) is 23.5 Å². The maximum Gasteiger partial charge on any atom is 0.242 e. The van der Waals surface area contributed by atoms with Crippen LogP contribution in [0.1, 0.15) is 0 Å². The van der Waals surface area contributed by atoms with Crippen molar-refractivity contribution in [1.29, 1.82) is 0 Å². The first-order chi connectivity index (χ1) is 7.35. The Labute approximate surface area is 85.3 Å². The van der Waals surface area contributed by atoms with Crippen molar-refractivity contribution >= 4 is 17.0 Å². The van der Waals surface area contributed by atoms with E-state index in [4.69, 9.17) is 10.6 Å². The van der Waals surface area contributed by atoms with Crippen LogP contribution in [0.25, 0.3) is 11.0 Å². The summed E-state index contributed by atoms with van der Waals surface area (Å²) in [6.45, 7) is 3.92. The number of nitrogens with one attached hydrogen (secondary N) is 2. The summed E-state index contributed by atoms with van der Waals surface area (Å²) in [5.74, 6) is 5.91. The summed E-state index contributed by atoms with van der Waals surface area (Å²) in [5, 5.41) is 7.26. The number of H-pyrrole nitrogens is 1. The molecule has 78 valence electrons. The number of hydrazine groups is 1. The molecular weight excluding hydrogens is 196 g/mol. The van der Waals surface area contributed by atoms with Crippen LogP contribution in [-0.4, -0.2) is 26.8 Å². The number of hydrogen-bond donors (Lipinski definition) is 3. The van der Waals surface area contributed by atoms with Gasteiger partial charge in [-0.15, -0.1) is 0 Å². The Morgan fingerprint density at radius 2 is 2.47 bits per heavy atom. The van der Waals surface area contributed by atoms with Gasteiger partial charge >= 0.3 is 0 Å². The molecule has 4 N–H and O–H groups in total. The Morgan fingerprint density at radius 1 is 1.60 bits per heavy atom. The monoisotopic (exact) mass is 206 g/mol. The number of nitrogens with two attached hydrogens (primary N) is 1. The minimum absolute atomic E-state index is 0.269. The van der Waals surface area contributed by atoms with Crippen LogP contribution in [0.2, 0.25) is 0 Å². The van der Waals surface area contributed by atoms with Crippen LogP contribution in [0.5, 0.6) is 5.88 Å². The fraction of sp³-hybridized carbons (Fsp3) is 0.125. The van der Waals surface area contributed by atoms with Gasteiger partial charge in [-0.25, -0.2) is 5.84 Å². The van der Waals surface area contributed by atoms with E-state index < -0.39 is 0 Å². The molecule has 0 unspecified atom stereocenters. The Kier molecular flexibility index (Phi) is 2.46. The highest BCUT2D eigenvalue weighted by Crippen LogP contribution is 2.21. The highest BCUT2D eigenvalue weighted by molar-refractivity contribution is 5.80. The highest BCUT2D eigenvalue weighted by Gasteiger charge is 2.09. The molecule has 0 saturated carbocycles. The van der Waals surface area contributed by atoms with Gasteiger partial charge in [0.2, 0.25) is 11.8 Å². The summed E-state index contributed by atoms with van der Waals surface area (Å²) in [5.41, 5.74) is 2.92. The summed E-state index contributed by atoms with van der Waals surface area (Å²) in [7, 11) is 0. The molecule has 2 rings (SSSR count). The molecule has 0 aromatic carbocycles. The molecular formula is C8H10N6O. The Hall–Kier alpha value is -2.15. The Balaban J connectivity index is 2.48. The fourth-order valence-electron chi connectivity index (χ4n) is 1.12. The maximum absolute atomic E-state index is 5.34. The van der Waals surface area contributed by atoms with E-state index in [0.717, 1.165) is 0 Å². The number of anilines is 1. The van der Waals surface area contributed by atoms with Crippen molar-refractivity contribution in [2.75, 3.05) is 12.0 Å². The molecule has 0 spiro atoms. The van der Waals surface area contributed by atoms with E-state index >= 15 is 0 Å². The van der Waals surface area contributed by atoms with Gasteiger partial charge in [0.25, 0.3) is 0 Å². The summed E-state index contributed by atoms with van der Waals surface area (Å²) < 4.78 is 5.34. The van der Waals surface area contributed by atoms with E-state index in [9.17, 15) is 0 Å². The number of nitrogens with zero attached hydrogens (tertiary/aromatic N) is 3. The number of nitrogen functional groups attached to an aromatic ring is 1. The predicted molar refractivity (Wildman–Crippen MR) is 55.2 cm³/mol. The zero-order valence-corrected chi connectivity index (χ0v) is 7.90. The molecule has 7 nitrogen and oxygen atoms in total. The number of fused-ring (bicyclic) bond motifs is 1. The molecule has 0 aliphatic carbocycles. The van der Waals surface area contributed by atoms with E-state index in [1.165, 1.54) is 0 Å². The van der Waals surface area contributed by atoms with E-state index in [-0.39, 0.29) is 5.95 Å². The van der Waals surface area contributed by atoms with Crippen molar-refractivity contribution in [2.24, 2.45) is 5.84 Å². The SMILES string of the molecule is C=CCOc1nc(NN)nc2[nH]ncc12. The van der Waals surface area contributed by atoms with Gasteiger partial charge in [0, 0.05) is 0 Å². The lowest BCUT2D eigenvalue weighted by molar-refractivity contribution is 0.353. The van der Waals surface area contributed by atoms with Gasteiger partial charge in [-0.3, -0.25) is 10.5 Å². The smallest absolute Gasteiger partial charge is 0.242 e. The fourth-order valence-corrected chi connectivity index (χ4v) is 1.12. The topological polar surface area (TPSA) is 102 Å². The van der Waals surface area contributed by atoms with Gasteiger partial charge in [-0.2, -0.15) is 15.1 Å². The standard InChI is InChI=1S/C8H10N6O/c1-2-3-15-7-5-4-10-14-6(5)11-8(12-7)13-9/h2,4H,1,3,9H2,(H2,10,11,12,13,14). The lowest BCUT2D eigenvalue weighted by Crippen LogP contribution is -2.11. The molecule has 2 aromatic heterocycles. The molecule has 0 aliphatic heterocycles. The van der Waals surface area contributed by atoms with Crippen LogP contribution in [0.3, 0.4) is 0 Å². The van der Waals surface area contributed by atoms with Crippen molar-refractivity contribution < 1.29 is 4.74 Å². The van der Waals surface area contributed by atoms with Gasteiger partial charge in [-0.05, 0) is 0 Å². The molecule has 2 aromatic rings. The number of rotatable bonds is 4. The predicted octanol–water partition coefficient (Wildman–Crippen LogP) is 0.203. The first-order valence-corrected chi connectivity index (χ1v) is 4.26. The van der Waals surface area contributed by atoms with Crippen LogP contribution in [0.4, 0.5) is 5.95 Å². The van der Waals surface area contributed by atoms with Gasteiger partial charge in [-0.1, -0.05) is 12.7 Å². The second-order valence-corrected chi connectivity index (χ2v) is 2.73. The van der Waals surface area contributed by atoms with Crippen molar-refractivity contribution in [3.05, 3.63) is 18.9 Å².